The third-order valence-corrected chi connectivity index (χ3v) is 5.54. The second-order valence-electron chi connectivity index (χ2n) is 6.72. The number of para-hydroxylation sites is 1. The summed E-state index contributed by atoms with van der Waals surface area (Å²) in [7, 11) is 1.78. The summed E-state index contributed by atoms with van der Waals surface area (Å²) in [6.45, 7) is 3.04. The number of amides is 1. The van der Waals surface area contributed by atoms with Crippen LogP contribution in [0, 0.1) is 0 Å². The van der Waals surface area contributed by atoms with E-state index in [0.717, 1.165) is 22.3 Å². The van der Waals surface area contributed by atoms with Crippen molar-refractivity contribution in [2.75, 3.05) is 13.7 Å². The number of aromatic nitrogens is 3. The van der Waals surface area contributed by atoms with Crippen LogP contribution in [0.3, 0.4) is 0 Å². The number of carbonyl (C=O) groups is 1. The molecule has 0 spiro atoms. The van der Waals surface area contributed by atoms with E-state index in [9.17, 15) is 4.79 Å². The molecule has 0 unspecified atom stereocenters. The summed E-state index contributed by atoms with van der Waals surface area (Å²) in [5.74, 6) is 1.56. The van der Waals surface area contributed by atoms with Gasteiger partial charge in [-0.2, -0.15) is 5.10 Å². The highest BCUT2D eigenvalue weighted by Crippen LogP contribution is 2.31. The molecular formula is C22H22N4O3S. The Morgan fingerprint density at radius 2 is 2.00 bits per heavy atom. The standard InChI is InChI=1S/C22H22N4O3S/c1-3-28-16-10-8-15(9-11-16)12-26(2)21(27)20-18(13-30-22-23-14-24-25-22)17-6-4-5-7-19(17)29-20/h4-11,14H,3,12-13H2,1-2H3,(H,23,24,25). The molecular weight excluding hydrogens is 400 g/mol. The van der Waals surface area contributed by atoms with Gasteiger partial charge in [-0.05, 0) is 30.7 Å². The van der Waals surface area contributed by atoms with Crippen LogP contribution in [0.5, 0.6) is 5.75 Å². The number of rotatable bonds is 8. The second kappa shape index (κ2) is 9.04. The summed E-state index contributed by atoms with van der Waals surface area (Å²) in [4.78, 5) is 19.0. The maximum absolute atomic E-state index is 13.2. The quantitative estimate of drug-likeness (QED) is 0.421. The number of benzene rings is 2. The van der Waals surface area contributed by atoms with Gasteiger partial charge in [0.05, 0.1) is 6.61 Å². The molecule has 0 aliphatic heterocycles. The molecule has 4 aromatic rings. The lowest BCUT2D eigenvalue weighted by Crippen LogP contribution is -2.26. The van der Waals surface area contributed by atoms with Crippen molar-refractivity contribution in [2.24, 2.45) is 0 Å². The van der Waals surface area contributed by atoms with Crippen LogP contribution < -0.4 is 4.74 Å². The van der Waals surface area contributed by atoms with Gasteiger partial charge in [-0.1, -0.05) is 42.1 Å². The highest BCUT2D eigenvalue weighted by Gasteiger charge is 2.23. The predicted molar refractivity (Wildman–Crippen MR) is 116 cm³/mol. The fourth-order valence-electron chi connectivity index (χ4n) is 3.20. The Morgan fingerprint density at radius 3 is 2.73 bits per heavy atom. The summed E-state index contributed by atoms with van der Waals surface area (Å²) in [5.41, 5.74) is 2.57. The lowest BCUT2D eigenvalue weighted by Gasteiger charge is -2.17. The fourth-order valence-corrected chi connectivity index (χ4v) is 4.00. The van der Waals surface area contributed by atoms with Crippen LogP contribution in [0.25, 0.3) is 11.0 Å². The summed E-state index contributed by atoms with van der Waals surface area (Å²) in [5, 5.41) is 8.33. The zero-order valence-corrected chi connectivity index (χ0v) is 17.6. The number of aromatic amines is 1. The Balaban J connectivity index is 1.56. The molecule has 1 N–H and O–H groups in total. The van der Waals surface area contributed by atoms with Crippen molar-refractivity contribution in [3.8, 4) is 5.75 Å². The Kier molecular flexibility index (Phi) is 6.04. The monoisotopic (exact) mass is 422 g/mol. The van der Waals surface area contributed by atoms with Crippen LogP contribution in [0.1, 0.15) is 28.6 Å². The number of ether oxygens (including phenoxy) is 1. The first-order valence-corrected chi connectivity index (χ1v) is 10.6. The van der Waals surface area contributed by atoms with Crippen molar-refractivity contribution in [1.29, 1.82) is 0 Å². The molecule has 2 aromatic carbocycles. The third-order valence-electron chi connectivity index (χ3n) is 4.64. The molecule has 154 valence electrons. The molecule has 30 heavy (non-hydrogen) atoms. The normalized spacial score (nSPS) is 11.0. The number of H-pyrrole nitrogens is 1. The van der Waals surface area contributed by atoms with Gasteiger partial charge < -0.3 is 14.1 Å². The minimum atomic E-state index is -0.159. The largest absolute Gasteiger partial charge is 0.494 e. The molecule has 0 bridgehead atoms. The van der Waals surface area contributed by atoms with Crippen LogP contribution >= 0.6 is 11.8 Å². The van der Waals surface area contributed by atoms with E-state index in [4.69, 9.17) is 9.15 Å². The van der Waals surface area contributed by atoms with Crippen LogP contribution in [0.15, 0.2) is 64.4 Å². The third kappa shape index (κ3) is 4.33. The van der Waals surface area contributed by atoms with Crippen molar-refractivity contribution in [3.63, 3.8) is 0 Å². The maximum atomic E-state index is 13.2. The van der Waals surface area contributed by atoms with Gasteiger partial charge in [0.1, 0.15) is 17.7 Å². The van der Waals surface area contributed by atoms with Crippen molar-refractivity contribution in [3.05, 3.63) is 71.7 Å². The molecule has 2 heterocycles. The van der Waals surface area contributed by atoms with E-state index in [1.165, 1.54) is 18.1 Å². The van der Waals surface area contributed by atoms with Gasteiger partial charge in [0.25, 0.3) is 5.91 Å². The molecule has 0 aliphatic rings. The molecule has 7 nitrogen and oxygen atoms in total. The molecule has 0 saturated carbocycles. The van der Waals surface area contributed by atoms with Crippen molar-refractivity contribution in [2.45, 2.75) is 24.4 Å². The van der Waals surface area contributed by atoms with Crippen LogP contribution in [-0.4, -0.2) is 39.6 Å². The molecule has 0 aliphatic carbocycles. The number of fused-ring (bicyclic) bond motifs is 1. The Hall–Kier alpha value is -3.26. The van der Waals surface area contributed by atoms with Gasteiger partial charge in [0.15, 0.2) is 10.9 Å². The highest BCUT2D eigenvalue weighted by molar-refractivity contribution is 7.98. The number of nitrogens with zero attached hydrogens (tertiary/aromatic N) is 3. The Morgan fingerprint density at radius 1 is 1.20 bits per heavy atom. The van der Waals surface area contributed by atoms with Gasteiger partial charge >= 0.3 is 0 Å². The Bertz CT molecular complexity index is 1120. The molecule has 4 rings (SSSR count). The first-order valence-electron chi connectivity index (χ1n) is 9.61. The van der Waals surface area contributed by atoms with E-state index in [2.05, 4.69) is 15.2 Å². The average molecular weight is 423 g/mol. The SMILES string of the molecule is CCOc1ccc(CN(C)C(=O)c2oc3ccccc3c2CSc2ncn[nH]2)cc1. The summed E-state index contributed by atoms with van der Waals surface area (Å²) in [6, 6.07) is 15.5. The van der Waals surface area contributed by atoms with E-state index in [-0.39, 0.29) is 5.91 Å². The van der Waals surface area contributed by atoms with E-state index in [0.29, 0.717) is 35.4 Å². The number of thioether (sulfide) groups is 1. The van der Waals surface area contributed by atoms with Crippen LogP contribution in [0.4, 0.5) is 0 Å². The summed E-state index contributed by atoms with van der Waals surface area (Å²) in [6.07, 6.45) is 1.46. The van der Waals surface area contributed by atoms with E-state index in [1.807, 2.05) is 55.5 Å². The highest BCUT2D eigenvalue weighted by atomic mass is 32.2. The van der Waals surface area contributed by atoms with Gasteiger partial charge in [0, 0.05) is 30.3 Å². The average Bonchev–Trinajstić information content (AvgIpc) is 3.41. The zero-order valence-electron chi connectivity index (χ0n) is 16.8. The smallest absolute Gasteiger partial charge is 0.289 e. The predicted octanol–water partition coefficient (Wildman–Crippen LogP) is 4.51. The first kappa shape index (κ1) is 20.0. The Labute approximate surface area is 178 Å². The lowest BCUT2D eigenvalue weighted by atomic mass is 10.1. The maximum Gasteiger partial charge on any atom is 0.289 e. The molecule has 0 fully saturated rings. The number of nitrogens with one attached hydrogen (secondary N) is 1. The first-order chi connectivity index (χ1) is 14.7. The minimum Gasteiger partial charge on any atom is -0.494 e. The van der Waals surface area contributed by atoms with E-state index < -0.39 is 0 Å². The van der Waals surface area contributed by atoms with Crippen LogP contribution in [0.2, 0.25) is 0 Å². The van der Waals surface area contributed by atoms with Crippen molar-refractivity contribution in [1.82, 2.24) is 20.1 Å². The number of hydrogen-bond donors (Lipinski definition) is 1. The summed E-state index contributed by atoms with van der Waals surface area (Å²) < 4.78 is 11.4. The van der Waals surface area contributed by atoms with Gasteiger partial charge in [-0.25, -0.2) is 4.98 Å². The molecule has 0 saturated heterocycles. The second-order valence-corrected chi connectivity index (χ2v) is 7.69. The molecule has 8 heteroatoms. The summed E-state index contributed by atoms with van der Waals surface area (Å²) >= 11 is 1.48. The zero-order chi connectivity index (χ0) is 20.9. The molecule has 0 atom stereocenters. The van der Waals surface area contributed by atoms with Crippen LogP contribution in [-0.2, 0) is 12.3 Å². The molecule has 1 amide bonds. The van der Waals surface area contributed by atoms with Crippen molar-refractivity contribution >= 4 is 28.6 Å². The van der Waals surface area contributed by atoms with E-state index >= 15 is 0 Å². The van der Waals surface area contributed by atoms with Gasteiger partial charge in [-0.15, -0.1) is 0 Å². The minimum absolute atomic E-state index is 0.159. The lowest BCUT2D eigenvalue weighted by molar-refractivity contribution is 0.0754. The number of carbonyl (C=O) groups excluding carboxylic acids is 1. The number of furan rings is 1. The van der Waals surface area contributed by atoms with Gasteiger partial charge in [0.2, 0.25) is 0 Å². The van der Waals surface area contributed by atoms with Crippen molar-refractivity contribution < 1.29 is 13.9 Å². The van der Waals surface area contributed by atoms with E-state index in [1.54, 1.807) is 11.9 Å². The van der Waals surface area contributed by atoms with Gasteiger partial charge in [-0.3, -0.25) is 9.89 Å². The fraction of sp³-hybridized carbons (Fsp3) is 0.227. The number of hydrogen-bond acceptors (Lipinski definition) is 6. The molecule has 0 radical (unpaired) electrons. The molecule has 2 aromatic heterocycles. The topological polar surface area (TPSA) is 84.2 Å².